The van der Waals surface area contributed by atoms with Crippen molar-refractivity contribution in [2.75, 3.05) is 4.72 Å². The van der Waals surface area contributed by atoms with E-state index in [0.29, 0.717) is 16.8 Å². The van der Waals surface area contributed by atoms with Gasteiger partial charge >= 0.3 is 0 Å². The van der Waals surface area contributed by atoms with E-state index >= 15 is 0 Å². The number of nitrogens with one attached hydrogen (secondary N) is 2. The van der Waals surface area contributed by atoms with Crippen LogP contribution in [0.15, 0.2) is 41.3 Å². The molecule has 2 rings (SSSR count). The van der Waals surface area contributed by atoms with Crippen LogP contribution in [0.5, 0.6) is 0 Å². The van der Waals surface area contributed by atoms with Crippen LogP contribution in [-0.4, -0.2) is 20.4 Å². The van der Waals surface area contributed by atoms with E-state index in [2.05, 4.69) is 10.0 Å². The van der Waals surface area contributed by atoms with Crippen LogP contribution in [0.4, 0.5) is 5.69 Å². The summed E-state index contributed by atoms with van der Waals surface area (Å²) in [7, 11) is -3.80. The summed E-state index contributed by atoms with van der Waals surface area (Å²) in [6.45, 7) is 9.42. The molecule has 0 saturated heterocycles. The van der Waals surface area contributed by atoms with E-state index in [0.717, 1.165) is 17.5 Å². The number of hydrogen-bond acceptors (Lipinski definition) is 3. The molecule has 0 fully saturated rings. The van der Waals surface area contributed by atoms with Crippen LogP contribution in [0, 0.1) is 20.8 Å². The predicted molar refractivity (Wildman–Crippen MR) is 105 cm³/mol. The van der Waals surface area contributed by atoms with Crippen LogP contribution in [0.1, 0.15) is 47.3 Å². The van der Waals surface area contributed by atoms with Gasteiger partial charge in [-0.15, -0.1) is 0 Å². The normalized spacial score (nSPS) is 12.5. The molecule has 1 atom stereocenters. The number of aryl methyl sites for hydroxylation is 3. The highest BCUT2D eigenvalue weighted by Gasteiger charge is 2.20. The molecule has 2 aromatic carbocycles. The highest BCUT2D eigenvalue weighted by molar-refractivity contribution is 7.92. The van der Waals surface area contributed by atoms with Gasteiger partial charge in [0, 0.05) is 17.3 Å². The van der Waals surface area contributed by atoms with Crippen LogP contribution >= 0.6 is 0 Å². The van der Waals surface area contributed by atoms with E-state index < -0.39 is 10.0 Å². The Labute approximate surface area is 155 Å². The molecule has 0 heterocycles. The second-order valence-corrected chi connectivity index (χ2v) is 8.40. The number of amides is 1. The topological polar surface area (TPSA) is 75.3 Å². The Balaban J connectivity index is 2.36. The number of hydrogen-bond donors (Lipinski definition) is 2. The van der Waals surface area contributed by atoms with E-state index in [1.165, 1.54) is 6.07 Å². The number of anilines is 1. The van der Waals surface area contributed by atoms with E-state index in [1.807, 2.05) is 33.8 Å². The van der Waals surface area contributed by atoms with Crippen molar-refractivity contribution in [1.82, 2.24) is 5.32 Å². The van der Waals surface area contributed by atoms with Crippen molar-refractivity contribution >= 4 is 21.6 Å². The molecule has 1 amide bonds. The molecule has 0 aromatic heterocycles. The molecule has 5 nitrogen and oxygen atoms in total. The SMILES string of the molecule is CCC(C)NC(=O)c1ccc(C)c(S(=O)(=O)Nc2cc(C)cc(C)c2)c1. The molecule has 26 heavy (non-hydrogen) atoms. The Hall–Kier alpha value is -2.34. The lowest BCUT2D eigenvalue weighted by molar-refractivity contribution is 0.0939. The number of rotatable bonds is 6. The molecule has 0 aliphatic rings. The Morgan fingerprint density at radius 2 is 1.65 bits per heavy atom. The molecule has 2 aromatic rings. The average molecular weight is 375 g/mol. The first-order valence-electron chi connectivity index (χ1n) is 8.65. The third-order valence-electron chi connectivity index (χ3n) is 4.20. The minimum atomic E-state index is -3.80. The van der Waals surface area contributed by atoms with Gasteiger partial charge in [0.05, 0.1) is 4.90 Å². The van der Waals surface area contributed by atoms with Crippen molar-refractivity contribution in [1.29, 1.82) is 0 Å². The highest BCUT2D eigenvalue weighted by Crippen LogP contribution is 2.22. The first kappa shape index (κ1) is 20.0. The third-order valence-corrected chi connectivity index (χ3v) is 5.73. The molecule has 1 unspecified atom stereocenters. The maximum Gasteiger partial charge on any atom is 0.262 e. The second-order valence-electron chi connectivity index (χ2n) is 6.74. The molecule has 0 saturated carbocycles. The summed E-state index contributed by atoms with van der Waals surface area (Å²) in [5.74, 6) is -0.276. The summed E-state index contributed by atoms with van der Waals surface area (Å²) in [5, 5.41) is 2.85. The fourth-order valence-corrected chi connectivity index (χ4v) is 4.00. The van der Waals surface area contributed by atoms with Gasteiger partial charge in [-0.2, -0.15) is 0 Å². The molecule has 0 aliphatic heterocycles. The highest BCUT2D eigenvalue weighted by atomic mass is 32.2. The predicted octanol–water partition coefficient (Wildman–Crippen LogP) is 3.94. The van der Waals surface area contributed by atoms with Gasteiger partial charge in [-0.05, 0) is 75.1 Å². The van der Waals surface area contributed by atoms with Gasteiger partial charge in [0.25, 0.3) is 15.9 Å². The second kappa shape index (κ2) is 7.91. The zero-order valence-corrected chi connectivity index (χ0v) is 16.7. The van der Waals surface area contributed by atoms with Crippen molar-refractivity contribution in [3.05, 3.63) is 58.7 Å². The maximum absolute atomic E-state index is 12.9. The van der Waals surface area contributed by atoms with Crippen LogP contribution in [-0.2, 0) is 10.0 Å². The van der Waals surface area contributed by atoms with Gasteiger partial charge in [0.2, 0.25) is 0 Å². The molecule has 6 heteroatoms. The first-order chi connectivity index (χ1) is 12.1. The molecule has 0 radical (unpaired) electrons. The van der Waals surface area contributed by atoms with Gasteiger partial charge in [0.15, 0.2) is 0 Å². The Kier molecular flexibility index (Phi) is 6.08. The number of carbonyl (C=O) groups excluding carboxylic acids is 1. The fourth-order valence-electron chi connectivity index (χ4n) is 2.68. The van der Waals surface area contributed by atoms with Crippen LogP contribution in [0.2, 0.25) is 0 Å². The summed E-state index contributed by atoms with van der Waals surface area (Å²) < 4.78 is 28.3. The van der Waals surface area contributed by atoms with Crippen LogP contribution < -0.4 is 10.0 Å². The third kappa shape index (κ3) is 4.85. The largest absolute Gasteiger partial charge is 0.350 e. The minimum Gasteiger partial charge on any atom is -0.350 e. The molecule has 0 bridgehead atoms. The van der Waals surface area contributed by atoms with Gasteiger partial charge in [-0.3, -0.25) is 9.52 Å². The van der Waals surface area contributed by atoms with Crippen LogP contribution in [0.3, 0.4) is 0 Å². The molecular formula is C20H26N2O3S. The lowest BCUT2D eigenvalue weighted by atomic mass is 10.1. The van der Waals surface area contributed by atoms with Gasteiger partial charge in [-0.25, -0.2) is 8.42 Å². The number of carbonyl (C=O) groups is 1. The maximum atomic E-state index is 12.9. The van der Waals surface area contributed by atoms with Crippen molar-refractivity contribution < 1.29 is 13.2 Å². The molecule has 140 valence electrons. The van der Waals surface area contributed by atoms with E-state index in [9.17, 15) is 13.2 Å². The molecule has 0 aliphatic carbocycles. The smallest absolute Gasteiger partial charge is 0.262 e. The van der Waals surface area contributed by atoms with E-state index in [4.69, 9.17) is 0 Å². The van der Waals surface area contributed by atoms with Crippen LogP contribution in [0.25, 0.3) is 0 Å². The minimum absolute atomic E-state index is 0.0252. The molecule has 0 spiro atoms. The van der Waals surface area contributed by atoms with Crippen molar-refractivity contribution in [3.63, 3.8) is 0 Å². The number of sulfonamides is 1. The van der Waals surface area contributed by atoms with E-state index in [-0.39, 0.29) is 16.8 Å². The lowest BCUT2D eigenvalue weighted by Gasteiger charge is -2.14. The lowest BCUT2D eigenvalue weighted by Crippen LogP contribution is -2.32. The van der Waals surface area contributed by atoms with Crippen molar-refractivity contribution in [2.24, 2.45) is 0 Å². The van der Waals surface area contributed by atoms with Crippen molar-refractivity contribution in [2.45, 2.75) is 52.0 Å². The van der Waals surface area contributed by atoms with Crippen molar-refractivity contribution in [3.8, 4) is 0 Å². The summed E-state index contributed by atoms with van der Waals surface area (Å²) in [4.78, 5) is 12.4. The first-order valence-corrected chi connectivity index (χ1v) is 10.1. The fraction of sp³-hybridized carbons (Fsp3) is 0.350. The average Bonchev–Trinajstić information content (AvgIpc) is 2.53. The molecule has 2 N–H and O–H groups in total. The quantitative estimate of drug-likeness (QED) is 0.804. The van der Waals surface area contributed by atoms with Gasteiger partial charge in [-0.1, -0.05) is 19.1 Å². The summed E-state index contributed by atoms with van der Waals surface area (Å²) in [5.41, 5.74) is 3.37. The Morgan fingerprint density at radius 1 is 1.04 bits per heavy atom. The summed E-state index contributed by atoms with van der Waals surface area (Å²) >= 11 is 0. The zero-order valence-electron chi connectivity index (χ0n) is 15.9. The Morgan fingerprint density at radius 3 is 2.23 bits per heavy atom. The summed E-state index contributed by atoms with van der Waals surface area (Å²) in [6, 6.07) is 10.3. The Bertz CT molecular complexity index is 900. The zero-order chi connectivity index (χ0) is 19.5. The monoisotopic (exact) mass is 374 g/mol. The van der Waals surface area contributed by atoms with Gasteiger partial charge in [0.1, 0.15) is 0 Å². The molecular weight excluding hydrogens is 348 g/mol. The van der Waals surface area contributed by atoms with Gasteiger partial charge < -0.3 is 5.32 Å². The number of benzene rings is 2. The summed E-state index contributed by atoms with van der Waals surface area (Å²) in [6.07, 6.45) is 0.803. The van der Waals surface area contributed by atoms with E-state index in [1.54, 1.807) is 31.2 Å². The standard InChI is InChI=1S/C20H26N2O3S/c1-6-16(5)21-20(23)17-8-7-15(4)19(12-17)26(24,25)22-18-10-13(2)9-14(3)11-18/h7-12,16,22H,6H2,1-5H3,(H,21,23).